The SMILES string of the molecule is COC(=O)c1cc(C)sc1NC(=O)c1cc(-c2cnn(C)c2C)nc2ccccc12. The third kappa shape index (κ3) is 3.46. The average Bonchev–Trinajstić information content (AvgIpc) is 3.28. The molecule has 1 aromatic carbocycles. The van der Waals surface area contributed by atoms with E-state index in [4.69, 9.17) is 9.72 Å². The van der Waals surface area contributed by atoms with Gasteiger partial charge in [0.15, 0.2) is 0 Å². The Bertz CT molecular complexity index is 1290. The molecule has 0 aliphatic heterocycles. The van der Waals surface area contributed by atoms with Crippen molar-refractivity contribution in [2.75, 3.05) is 12.4 Å². The lowest BCUT2D eigenvalue weighted by Crippen LogP contribution is -2.14. The Hall–Kier alpha value is -3.52. The van der Waals surface area contributed by atoms with Crippen LogP contribution in [0.4, 0.5) is 5.00 Å². The Morgan fingerprint density at radius 1 is 1.13 bits per heavy atom. The van der Waals surface area contributed by atoms with Crippen molar-refractivity contribution in [2.45, 2.75) is 13.8 Å². The Morgan fingerprint density at radius 2 is 1.90 bits per heavy atom. The van der Waals surface area contributed by atoms with Crippen LogP contribution in [0.5, 0.6) is 0 Å². The minimum absolute atomic E-state index is 0.316. The molecule has 4 rings (SSSR count). The number of hydrogen-bond donors (Lipinski definition) is 1. The van der Waals surface area contributed by atoms with Gasteiger partial charge in [0.25, 0.3) is 5.91 Å². The van der Waals surface area contributed by atoms with Crippen molar-refractivity contribution in [3.8, 4) is 11.3 Å². The molecule has 1 amide bonds. The minimum atomic E-state index is -0.485. The number of thiophene rings is 1. The topological polar surface area (TPSA) is 86.1 Å². The van der Waals surface area contributed by atoms with Gasteiger partial charge in [0, 0.05) is 28.6 Å². The van der Waals surface area contributed by atoms with E-state index in [1.807, 2.05) is 45.2 Å². The zero-order valence-electron chi connectivity index (χ0n) is 17.0. The van der Waals surface area contributed by atoms with Crippen LogP contribution < -0.4 is 5.32 Å². The highest BCUT2D eigenvalue weighted by Gasteiger charge is 2.21. The Balaban J connectivity index is 1.81. The summed E-state index contributed by atoms with van der Waals surface area (Å²) in [6.45, 7) is 3.83. The fraction of sp³-hybridized carbons (Fsp3) is 0.182. The number of benzene rings is 1. The molecular weight excluding hydrogens is 400 g/mol. The van der Waals surface area contributed by atoms with Gasteiger partial charge in [0.1, 0.15) is 5.00 Å². The number of aromatic nitrogens is 3. The van der Waals surface area contributed by atoms with E-state index in [1.165, 1.54) is 18.4 Å². The molecule has 0 fully saturated rings. The van der Waals surface area contributed by atoms with E-state index < -0.39 is 5.97 Å². The van der Waals surface area contributed by atoms with Gasteiger partial charge in [-0.05, 0) is 32.0 Å². The molecule has 0 aliphatic rings. The number of esters is 1. The maximum absolute atomic E-state index is 13.3. The van der Waals surface area contributed by atoms with Gasteiger partial charge in [-0.25, -0.2) is 9.78 Å². The van der Waals surface area contributed by atoms with Crippen molar-refractivity contribution in [1.82, 2.24) is 14.8 Å². The zero-order valence-corrected chi connectivity index (χ0v) is 17.8. The number of pyridine rings is 1. The first kappa shape index (κ1) is 19.8. The Kier molecular flexibility index (Phi) is 5.09. The van der Waals surface area contributed by atoms with Crippen LogP contribution in [0.25, 0.3) is 22.2 Å². The predicted molar refractivity (Wildman–Crippen MR) is 117 cm³/mol. The summed E-state index contributed by atoms with van der Waals surface area (Å²) >= 11 is 1.33. The second-order valence-corrected chi connectivity index (χ2v) is 8.14. The number of rotatable bonds is 4. The highest BCUT2D eigenvalue weighted by Crippen LogP contribution is 2.31. The lowest BCUT2D eigenvalue weighted by Gasteiger charge is -2.10. The molecule has 4 aromatic rings. The quantitative estimate of drug-likeness (QED) is 0.496. The summed E-state index contributed by atoms with van der Waals surface area (Å²) in [6.07, 6.45) is 1.74. The second kappa shape index (κ2) is 7.72. The van der Waals surface area contributed by atoms with Crippen LogP contribution in [-0.2, 0) is 11.8 Å². The van der Waals surface area contributed by atoms with E-state index in [0.29, 0.717) is 27.3 Å². The van der Waals surface area contributed by atoms with Crippen LogP contribution in [0.15, 0.2) is 42.6 Å². The number of fused-ring (bicyclic) bond motifs is 1. The first-order valence-electron chi connectivity index (χ1n) is 9.28. The number of methoxy groups -OCH3 is 1. The monoisotopic (exact) mass is 420 g/mol. The van der Waals surface area contributed by atoms with Crippen LogP contribution in [0, 0.1) is 13.8 Å². The lowest BCUT2D eigenvalue weighted by atomic mass is 10.0. The van der Waals surface area contributed by atoms with Gasteiger partial charge in [-0.3, -0.25) is 9.48 Å². The van der Waals surface area contributed by atoms with E-state index in [0.717, 1.165) is 21.5 Å². The van der Waals surface area contributed by atoms with E-state index in [2.05, 4.69) is 10.4 Å². The molecule has 3 heterocycles. The Morgan fingerprint density at radius 3 is 2.60 bits per heavy atom. The lowest BCUT2D eigenvalue weighted by molar-refractivity contribution is 0.0602. The van der Waals surface area contributed by atoms with Crippen molar-refractivity contribution >= 4 is 39.1 Å². The van der Waals surface area contributed by atoms with E-state index in [1.54, 1.807) is 23.0 Å². The van der Waals surface area contributed by atoms with Gasteiger partial charge in [-0.1, -0.05) is 18.2 Å². The number of aryl methyl sites for hydroxylation is 2. The molecular formula is C22H20N4O3S. The largest absolute Gasteiger partial charge is 0.465 e. The summed E-state index contributed by atoms with van der Waals surface area (Å²) in [4.78, 5) is 31.0. The van der Waals surface area contributed by atoms with Crippen molar-refractivity contribution in [2.24, 2.45) is 7.05 Å². The van der Waals surface area contributed by atoms with Crippen LogP contribution in [0.3, 0.4) is 0 Å². The Labute approximate surface area is 177 Å². The van der Waals surface area contributed by atoms with Crippen molar-refractivity contribution < 1.29 is 14.3 Å². The molecule has 0 radical (unpaired) electrons. The molecule has 8 heteroatoms. The minimum Gasteiger partial charge on any atom is -0.465 e. The summed E-state index contributed by atoms with van der Waals surface area (Å²) in [5, 5.41) is 8.36. The molecule has 152 valence electrons. The molecule has 0 bridgehead atoms. The van der Waals surface area contributed by atoms with Crippen LogP contribution >= 0.6 is 11.3 Å². The number of nitrogens with zero attached hydrogens (tertiary/aromatic N) is 3. The van der Waals surface area contributed by atoms with E-state index >= 15 is 0 Å². The maximum atomic E-state index is 13.3. The molecule has 0 saturated carbocycles. The summed E-state index contributed by atoms with van der Waals surface area (Å²) in [5.74, 6) is -0.802. The van der Waals surface area contributed by atoms with E-state index in [9.17, 15) is 9.59 Å². The third-order valence-corrected chi connectivity index (χ3v) is 5.93. The molecule has 3 aromatic heterocycles. The number of hydrogen-bond acceptors (Lipinski definition) is 6. The second-order valence-electron chi connectivity index (χ2n) is 6.89. The number of anilines is 1. The molecule has 0 atom stereocenters. The summed E-state index contributed by atoms with van der Waals surface area (Å²) in [6, 6.07) is 11.0. The van der Waals surface area contributed by atoms with Gasteiger partial charge < -0.3 is 10.1 Å². The van der Waals surface area contributed by atoms with E-state index in [-0.39, 0.29) is 5.91 Å². The van der Waals surface area contributed by atoms with Gasteiger partial charge in [-0.2, -0.15) is 5.10 Å². The van der Waals surface area contributed by atoms with Gasteiger partial charge >= 0.3 is 5.97 Å². The van der Waals surface area contributed by atoms with Crippen molar-refractivity contribution in [1.29, 1.82) is 0 Å². The van der Waals surface area contributed by atoms with Gasteiger partial charge in [-0.15, -0.1) is 11.3 Å². The first-order chi connectivity index (χ1) is 14.4. The predicted octanol–water partition coefficient (Wildman–Crippen LogP) is 4.35. The molecule has 0 unspecified atom stereocenters. The molecule has 0 saturated heterocycles. The van der Waals surface area contributed by atoms with Crippen molar-refractivity contribution in [3.63, 3.8) is 0 Å². The summed E-state index contributed by atoms with van der Waals surface area (Å²) in [5.41, 5.74) is 4.00. The first-order valence-corrected chi connectivity index (χ1v) is 10.1. The molecule has 0 spiro atoms. The molecule has 0 aliphatic carbocycles. The zero-order chi connectivity index (χ0) is 21.4. The molecule has 7 nitrogen and oxygen atoms in total. The standard InChI is InChI=1S/C22H20N4O3S/c1-12-9-16(22(28)29-4)21(30-12)25-20(27)15-10-19(17-11-23-26(3)13(17)2)24-18-8-6-5-7-14(15)18/h5-11H,1-4H3,(H,25,27). The normalized spacial score (nSPS) is 10.9. The van der Waals surface area contributed by atoms with Crippen LogP contribution in [0.2, 0.25) is 0 Å². The number of carbonyl (C=O) groups is 2. The van der Waals surface area contributed by atoms with Gasteiger partial charge in [0.05, 0.1) is 35.6 Å². The highest BCUT2D eigenvalue weighted by atomic mass is 32.1. The molecule has 1 N–H and O–H groups in total. The third-order valence-electron chi connectivity index (χ3n) is 4.96. The number of ether oxygens (including phenoxy) is 1. The average molecular weight is 420 g/mol. The summed E-state index contributed by atoms with van der Waals surface area (Å²) in [7, 11) is 3.18. The number of amides is 1. The fourth-order valence-corrected chi connectivity index (χ4v) is 4.19. The van der Waals surface area contributed by atoms with Crippen molar-refractivity contribution in [3.05, 3.63) is 64.3 Å². The smallest absolute Gasteiger partial charge is 0.340 e. The number of carbonyl (C=O) groups excluding carboxylic acids is 2. The van der Waals surface area contributed by atoms with Crippen LogP contribution in [-0.4, -0.2) is 33.8 Å². The summed E-state index contributed by atoms with van der Waals surface area (Å²) < 4.78 is 6.60. The van der Waals surface area contributed by atoms with Crippen LogP contribution in [0.1, 0.15) is 31.3 Å². The number of nitrogens with one attached hydrogen (secondary N) is 1. The highest BCUT2D eigenvalue weighted by molar-refractivity contribution is 7.16. The maximum Gasteiger partial charge on any atom is 0.340 e. The number of para-hydroxylation sites is 1. The fourth-order valence-electron chi connectivity index (χ4n) is 3.29. The van der Waals surface area contributed by atoms with Gasteiger partial charge in [0.2, 0.25) is 0 Å². The molecule has 30 heavy (non-hydrogen) atoms.